The standard InChI is InChI=1S/C11H14BrFN2O3/c1-6(5-16)7(2)14-10-4-9(13)8(12)3-11(10)15(17)18/h3-4,6-7,14,16H,5H2,1-2H3. The Morgan fingerprint density at radius 3 is 2.67 bits per heavy atom. The number of halogens is 2. The van der Waals surface area contributed by atoms with Gasteiger partial charge in [-0.05, 0) is 28.8 Å². The molecule has 0 aliphatic carbocycles. The molecule has 0 radical (unpaired) electrons. The molecule has 0 heterocycles. The second-order valence-electron chi connectivity index (χ2n) is 4.13. The van der Waals surface area contributed by atoms with Crippen LogP contribution < -0.4 is 5.32 Å². The number of benzene rings is 1. The molecule has 0 fully saturated rings. The summed E-state index contributed by atoms with van der Waals surface area (Å²) in [4.78, 5) is 10.3. The van der Waals surface area contributed by atoms with Crippen LogP contribution in [0.15, 0.2) is 16.6 Å². The number of nitro groups is 1. The smallest absolute Gasteiger partial charge is 0.293 e. The highest BCUT2D eigenvalue weighted by Gasteiger charge is 2.20. The molecule has 1 aromatic rings. The van der Waals surface area contributed by atoms with Gasteiger partial charge < -0.3 is 10.4 Å². The van der Waals surface area contributed by atoms with Crippen LogP contribution in [0.5, 0.6) is 0 Å². The highest BCUT2D eigenvalue weighted by atomic mass is 79.9. The summed E-state index contributed by atoms with van der Waals surface area (Å²) in [5.41, 5.74) is -0.103. The summed E-state index contributed by atoms with van der Waals surface area (Å²) in [7, 11) is 0. The van der Waals surface area contributed by atoms with E-state index in [1.165, 1.54) is 0 Å². The lowest BCUT2D eigenvalue weighted by molar-refractivity contribution is -0.384. The van der Waals surface area contributed by atoms with Crippen LogP contribution in [0.3, 0.4) is 0 Å². The molecule has 1 aromatic carbocycles. The minimum Gasteiger partial charge on any atom is -0.396 e. The number of nitrogens with one attached hydrogen (secondary N) is 1. The van der Waals surface area contributed by atoms with Gasteiger partial charge in [0.15, 0.2) is 0 Å². The normalized spacial score (nSPS) is 14.1. The van der Waals surface area contributed by atoms with E-state index in [2.05, 4.69) is 21.2 Å². The van der Waals surface area contributed by atoms with Gasteiger partial charge >= 0.3 is 0 Å². The summed E-state index contributed by atoms with van der Waals surface area (Å²) in [6.07, 6.45) is 0. The van der Waals surface area contributed by atoms with Gasteiger partial charge in [0.05, 0.1) is 9.40 Å². The minimum absolute atomic E-state index is 0.0441. The Kier molecular flexibility index (Phi) is 5.03. The molecule has 0 saturated carbocycles. The number of aliphatic hydroxyl groups excluding tert-OH is 1. The Morgan fingerprint density at radius 2 is 2.17 bits per heavy atom. The highest BCUT2D eigenvalue weighted by molar-refractivity contribution is 9.10. The van der Waals surface area contributed by atoms with Crippen molar-refractivity contribution in [1.82, 2.24) is 0 Å². The van der Waals surface area contributed by atoms with Gasteiger partial charge in [-0.25, -0.2) is 4.39 Å². The topological polar surface area (TPSA) is 75.4 Å². The molecule has 0 saturated heterocycles. The number of aliphatic hydroxyl groups is 1. The first-order valence-corrected chi connectivity index (χ1v) is 6.17. The zero-order chi connectivity index (χ0) is 13.9. The van der Waals surface area contributed by atoms with Gasteiger partial charge in [0, 0.05) is 24.8 Å². The lowest BCUT2D eigenvalue weighted by Crippen LogP contribution is -2.26. The fraction of sp³-hybridized carbons (Fsp3) is 0.455. The zero-order valence-electron chi connectivity index (χ0n) is 9.98. The first kappa shape index (κ1) is 14.8. The van der Waals surface area contributed by atoms with Crippen molar-refractivity contribution in [1.29, 1.82) is 0 Å². The van der Waals surface area contributed by atoms with Crippen molar-refractivity contribution in [2.75, 3.05) is 11.9 Å². The summed E-state index contributed by atoms with van der Waals surface area (Å²) in [5.74, 6) is -0.678. The number of nitro benzene ring substituents is 1. The first-order chi connectivity index (χ1) is 8.36. The number of hydrogen-bond acceptors (Lipinski definition) is 4. The van der Waals surface area contributed by atoms with E-state index >= 15 is 0 Å². The Balaban J connectivity index is 3.07. The van der Waals surface area contributed by atoms with Crippen LogP contribution >= 0.6 is 15.9 Å². The predicted octanol–water partition coefficient (Wildman–Crippen LogP) is 2.93. The minimum atomic E-state index is -0.580. The van der Waals surface area contributed by atoms with Crippen molar-refractivity contribution in [2.24, 2.45) is 5.92 Å². The summed E-state index contributed by atoms with van der Waals surface area (Å²) >= 11 is 2.91. The SMILES string of the molecule is CC(CO)C(C)Nc1cc(F)c(Br)cc1[N+](=O)[O-]. The van der Waals surface area contributed by atoms with Crippen molar-refractivity contribution in [3.05, 3.63) is 32.5 Å². The van der Waals surface area contributed by atoms with Crippen LogP contribution in [0.4, 0.5) is 15.8 Å². The highest BCUT2D eigenvalue weighted by Crippen LogP contribution is 2.31. The van der Waals surface area contributed by atoms with Crippen LogP contribution in [-0.2, 0) is 0 Å². The number of rotatable bonds is 5. The lowest BCUT2D eigenvalue weighted by atomic mass is 10.0. The average molecular weight is 321 g/mol. The molecular formula is C11H14BrFN2O3. The fourth-order valence-electron chi connectivity index (χ4n) is 1.35. The summed E-state index contributed by atoms with van der Waals surface area (Å²) in [6, 6.07) is 1.98. The maximum Gasteiger partial charge on any atom is 0.293 e. The molecule has 2 N–H and O–H groups in total. The Bertz CT molecular complexity index is 456. The van der Waals surface area contributed by atoms with Crippen molar-refractivity contribution >= 4 is 27.3 Å². The maximum absolute atomic E-state index is 13.4. The van der Waals surface area contributed by atoms with E-state index in [9.17, 15) is 14.5 Å². The van der Waals surface area contributed by atoms with Crippen LogP contribution in [0.1, 0.15) is 13.8 Å². The molecule has 0 bridgehead atoms. The second kappa shape index (κ2) is 6.10. The number of hydrogen-bond donors (Lipinski definition) is 2. The van der Waals surface area contributed by atoms with Gasteiger partial charge in [-0.3, -0.25) is 10.1 Å². The molecular weight excluding hydrogens is 307 g/mol. The zero-order valence-corrected chi connectivity index (χ0v) is 11.6. The van der Waals surface area contributed by atoms with Crippen LogP contribution in [0, 0.1) is 21.8 Å². The molecule has 2 atom stereocenters. The molecule has 0 aliphatic rings. The molecule has 0 amide bonds. The van der Waals surface area contributed by atoms with E-state index in [0.717, 1.165) is 12.1 Å². The molecule has 1 rings (SSSR count). The quantitative estimate of drug-likeness (QED) is 0.646. The van der Waals surface area contributed by atoms with E-state index in [0.29, 0.717) is 0 Å². The second-order valence-corrected chi connectivity index (χ2v) is 4.99. The Hall–Kier alpha value is -1.21. The monoisotopic (exact) mass is 320 g/mol. The third-order valence-electron chi connectivity index (χ3n) is 2.76. The molecule has 0 spiro atoms. The van der Waals surface area contributed by atoms with Crippen LogP contribution in [0.25, 0.3) is 0 Å². The predicted molar refractivity (Wildman–Crippen MR) is 70.1 cm³/mol. The average Bonchev–Trinajstić information content (AvgIpc) is 2.31. The van der Waals surface area contributed by atoms with Gasteiger partial charge in [0.1, 0.15) is 11.5 Å². The van der Waals surface area contributed by atoms with E-state index < -0.39 is 10.7 Å². The molecule has 100 valence electrons. The largest absolute Gasteiger partial charge is 0.396 e. The first-order valence-electron chi connectivity index (χ1n) is 5.37. The number of anilines is 1. The van der Waals surface area contributed by atoms with Gasteiger partial charge in [0.2, 0.25) is 0 Å². The Morgan fingerprint density at radius 1 is 1.56 bits per heavy atom. The van der Waals surface area contributed by atoms with Crippen molar-refractivity contribution in [3.63, 3.8) is 0 Å². The van der Waals surface area contributed by atoms with E-state index in [4.69, 9.17) is 5.11 Å². The summed E-state index contributed by atoms with van der Waals surface area (Å²) in [6.45, 7) is 3.50. The third kappa shape index (κ3) is 3.39. The summed E-state index contributed by atoms with van der Waals surface area (Å²) < 4.78 is 13.4. The lowest BCUT2D eigenvalue weighted by Gasteiger charge is -2.20. The third-order valence-corrected chi connectivity index (χ3v) is 3.37. The fourth-order valence-corrected chi connectivity index (χ4v) is 1.68. The Labute approximate surface area is 112 Å². The van der Waals surface area contributed by atoms with Crippen molar-refractivity contribution < 1.29 is 14.4 Å². The van der Waals surface area contributed by atoms with E-state index in [-0.39, 0.29) is 34.4 Å². The molecule has 0 aliphatic heterocycles. The maximum atomic E-state index is 13.4. The summed E-state index contributed by atoms with van der Waals surface area (Å²) in [5, 5.41) is 22.7. The molecule has 5 nitrogen and oxygen atoms in total. The molecule has 2 unspecified atom stereocenters. The van der Waals surface area contributed by atoms with E-state index in [1.54, 1.807) is 13.8 Å². The molecule has 18 heavy (non-hydrogen) atoms. The van der Waals surface area contributed by atoms with E-state index in [1.807, 2.05) is 0 Å². The van der Waals surface area contributed by atoms with Gasteiger partial charge in [-0.15, -0.1) is 0 Å². The van der Waals surface area contributed by atoms with Crippen molar-refractivity contribution in [3.8, 4) is 0 Å². The van der Waals surface area contributed by atoms with Crippen LogP contribution in [-0.4, -0.2) is 22.7 Å². The molecule has 7 heteroatoms. The molecule has 0 aromatic heterocycles. The van der Waals surface area contributed by atoms with Gasteiger partial charge in [-0.2, -0.15) is 0 Å². The van der Waals surface area contributed by atoms with Crippen LogP contribution in [0.2, 0.25) is 0 Å². The number of nitrogens with zero attached hydrogens (tertiary/aromatic N) is 1. The van der Waals surface area contributed by atoms with Gasteiger partial charge in [0.25, 0.3) is 5.69 Å². The van der Waals surface area contributed by atoms with Gasteiger partial charge in [-0.1, -0.05) is 6.92 Å². The van der Waals surface area contributed by atoms with Crippen molar-refractivity contribution in [2.45, 2.75) is 19.9 Å².